The number of nitrogens with one attached hydrogen (secondary N) is 1. The van der Waals surface area contributed by atoms with Crippen LogP contribution >= 0.6 is 23.2 Å². The van der Waals surface area contributed by atoms with Crippen LogP contribution in [0.2, 0.25) is 10.0 Å². The zero-order valence-electron chi connectivity index (χ0n) is 11.6. The Bertz CT molecular complexity index is 743. The average molecular weight is 344 g/mol. The lowest BCUT2D eigenvalue weighted by Gasteiger charge is -2.17. The summed E-state index contributed by atoms with van der Waals surface area (Å²) in [4.78, 5) is 0.297. The lowest BCUT2D eigenvalue weighted by Crippen LogP contribution is -2.07. The van der Waals surface area contributed by atoms with E-state index in [1.807, 2.05) is 13.0 Å². The molecule has 3 nitrogen and oxygen atoms in total. The Morgan fingerprint density at radius 3 is 2.19 bits per heavy atom. The van der Waals surface area contributed by atoms with E-state index in [0.717, 1.165) is 11.3 Å². The molecule has 0 aliphatic carbocycles. The summed E-state index contributed by atoms with van der Waals surface area (Å²) in [7, 11) is -3.18. The molecule has 0 aromatic heterocycles. The van der Waals surface area contributed by atoms with Crippen molar-refractivity contribution in [3.8, 4) is 0 Å². The zero-order valence-corrected chi connectivity index (χ0v) is 13.9. The van der Waals surface area contributed by atoms with Crippen molar-refractivity contribution in [2.24, 2.45) is 0 Å². The van der Waals surface area contributed by atoms with Gasteiger partial charge in [0.2, 0.25) is 0 Å². The Balaban J connectivity index is 2.18. The molecule has 0 amide bonds. The molecule has 0 heterocycles. The normalized spacial score (nSPS) is 13.0. The van der Waals surface area contributed by atoms with E-state index < -0.39 is 9.84 Å². The van der Waals surface area contributed by atoms with Crippen LogP contribution in [-0.4, -0.2) is 14.7 Å². The second kappa shape index (κ2) is 6.26. The first kappa shape index (κ1) is 16.1. The minimum Gasteiger partial charge on any atom is -0.378 e. The predicted octanol–water partition coefficient (Wildman–Crippen LogP) is 4.57. The van der Waals surface area contributed by atoms with Crippen LogP contribution in [0.15, 0.2) is 47.4 Å². The molecule has 0 saturated carbocycles. The second-order valence-corrected chi connectivity index (χ2v) is 7.69. The third-order valence-corrected chi connectivity index (χ3v) is 4.79. The van der Waals surface area contributed by atoms with E-state index in [1.165, 1.54) is 6.26 Å². The van der Waals surface area contributed by atoms with Crippen LogP contribution in [0.4, 0.5) is 5.69 Å². The predicted molar refractivity (Wildman–Crippen MR) is 88.1 cm³/mol. The number of rotatable bonds is 4. The molecule has 1 unspecified atom stereocenters. The van der Waals surface area contributed by atoms with E-state index in [1.54, 1.807) is 36.4 Å². The van der Waals surface area contributed by atoms with Crippen LogP contribution in [0, 0.1) is 0 Å². The maximum Gasteiger partial charge on any atom is 0.175 e. The molecular weight excluding hydrogens is 329 g/mol. The molecule has 0 aliphatic heterocycles. The van der Waals surface area contributed by atoms with Crippen LogP contribution in [0.5, 0.6) is 0 Å². The summed E-state index contributed by atoms with van der Waals surface area (Å²) in [5.41, 5.74) is 1.74. The summed E-state index contributed by atoms with van der Waals surface area (Å²) in [6.07, 6.45) is 1.19. The van der Waals surface area contributed by atoms with Gasteiger partial charge >= 0.3 is 0 Å². The minimum absolute atomic E-state index is 0.0288. The number of hydrogen-bond acceptors (Lipinski definition) is 3. The monoisotopic (exact) mass is 343 g/mol. The van der Waals surface area contributed by atoms with Gasteiger partial charge in [0.1, 0.15) is 0 Å². The van der Waals surface area contributed by atoms with Crippen molar-refractivity contribution in [1.29, 1.82) is 0 Å². The standard InChI is InChI=1S/C15H15Cl2NO2S/c1-10(14-8-3-11(16)9-15(14)17)18-12-4-6-13(7-5-12)21(2,19)20/h3-10,18H,1-2H3. The van der Waals surface area contributed by atoms with Crippen molar-refractivity contribution >= 4 is 38.7 Å². The van der Waals surface area contributed by atoms with Crippen LogP contribution in [0.1, 0.15) is 18.5 Å². The van der Waals surface area contributed by atoms with Gasteiger partial charge in [0, 0.05) is 28.0 Å². The van der Waals surface area contributed by atoms with Gasteiger partial charge in [-0.25, -0.2) is 8.42 Å². The van der Waals surface area contributed by atoms with Gasteiger partial charge in [0.05, 0.1) is 4.90 Å². The first-order chi connectivity index (χ1) is 9.77. The van der Waals surface area contributed by atoms with Crippen LogP contribution in [0.25, 0.3) is 0 Å². The fraction of sp³-hybridized carbons (Fsp3) is 0.200. The number of sulfone groups is 1. The number of benzene rings is 2. The van der Waals surface area contributed by atoms with Gasteiger partial charge < -0.3 is 5.32 Å². The fourth-order valence-corrected chi connectivity index (χ4v) is 3.18. The summed E-state index contributed by atoms with van der Waals surface area (Å²) in [5, 5.41) is 4.46. The molecule has 0 radical (unpaired) electrons. The second-order valence-electron chi connectivity index (χ2n) is 4.83. The minimum atomic E-state index is -3.18. The van der Waals surface area contributed by atoms with Gasteiger partial charge in [-0.2, -0.15) is 0 Å². The number of anilines is 1. The summed E-state index contributed by atoms with van der Waals surface area (Å²) in [6.45, 7) is 1.97. The molecule has 112 valence electrons. The maximum atomic E-state index is 11.4. The quantitative estimate of drug-likeness (QED) is 0.884. The Hall–Kier alpha value is -1.23. The number of hydrogen-bond donors (Lipinski definition) is 1. The van der Waals surface area contributed by atoms with Gasteiger partial charge in [0.25, 0.3) is 0 Å². The van der Waals surface area contributed by atoms with E-state index in [0.29, 0.717) is 14.9 Å². The van der Waals surface area contributed by atoms with Gasteiger partial charge in [0.15, 0.2) is 9.84 Å². The van der Waals surface area contributed by atoms with Crippen molar-refractivity contribution in [1.82, 2.24) is 0 Å². The van der Waals surface area contributed by atoms with Gasteiger partial charge in [-0.3, -0.25) is 0 Å². The summed E-state index contributed by atoms with van der Waals surface area (Å²) < 4.78 is 22.8. The molecule has 0 saturated heterocycles. The van der Waals surface area contributed by atoms with E-state index in [2.05, 4.69) is 5.32 Å². The van der Waals surface area contributed by atoms with Crippen molar-refractivity contribution in [2.45, 2.75) is 17.9 Å². The van der Waals surface area contributed by atoms with Crippen LogP contribution in [-0.2, 0) is 9.84 Å². The van der Waals surface area contributed by atoms with E-state index >= 15 is 0 Å². The first-order valence-electron chi connectivity index (χ1n) is 6.29. The van der Waals surface area contributed by atoms with Crippen molar-refractivity contribution in [2.75, 3.05) is 11.6 Å². The summed E-state index contributed by atoms with van der Waals surface area (Å²) in [6, 6.07) is 11.9. The van der Waals surface area contributed by atoms with Crippen molar-refractivity contribution in [3.63, 3.8) is 0 Å². The summed E-state index contributed by atoms with van der Waals surface area (Å²) >= 11 is 12.1. The maximum absolute atomic E-state index is 11.4. The number of halogens is 2. The largest absolute Gasteiger partial charge is 0.378 e. The van der Waals surface area contributed by atoms with Gasteiger partial charge in [-0.05, 0) is 48.9 Å². The Morgan fingerprint density at radius 2 is 1.67 bits per heavy atom. The average Bonchev–Trinajstić information content (AvgIpc) is 2.38. The molecule has 21 heavy (non-hydrogen) atoms. The highest BCUT2D eigenvalue weighted by molar-refractivity contribution is 7.90. The lowest BCUT2D eigenvalue weighted by molar-refractivity contribution is 0.602. The first-order valence-corrected chi connectivity index (χ1v) is 8.94. The molecule has 2 aromatic rings. The van der Waals surface area contributed by atoms with Crippen LogP contribution < -0.4 is 5.32 Å². The zero-order chi connectivity index (χ0) is 15.6. The SMILES string of the molecule is CC(Nc1ccc(S(C)(=O)=O)cc1)c1ccc(Cl)cc1Cl. The summed E-state index contributed by atoms with van der Waals surface area (Å²) in [5.74, 6) is 0. The molecule has 2 aromatic carbocycles. The molecule has 1 N–H and O–H groups in total. The van der Waals surface area contributed by atoms with Crippen molar-refractivity contribution < 1.29 is 8.42 Å². The third kappa shape index (κ3) is 4.13. The van der Waals surface area contributed by atoms with E-state index in [4.69, 9.17) is 23.2 Å². The highest BCUT2D eigenvalue weighted by atomic mass is 35.5. The lowest BCUT2D eigenvalue weighted by atomic mass is 10.1. The Labute approximate surface area is 134 Å². The molecule has 1 atom stereocenters. The molecule has 6 heteroatoms. The van der Waals surface area contributed by atoms with E-state index in [9.17, 15) is 8.42 Å². The molecule has 0 aliphatic rings. The van der Waals surface area contributed by atoms with Gasteiger partial charge in [-0.1, -0.05) is 29.3 Å². The molecule has 0 bridgehead atoms. The fourth-order valence-electron chi connectivity index (χ4n) is 1.98. The molecule has 0 fully saturated rings. The highest BCUT2D eigenvalue weighted by Gasteiger charge is 2.11. The molecular formula is C15H15Cl2NO2S. The van der Waals surface area contributed by atoms with Gasteiger partial charge in [-0.15, -0.1) is 0 Å². The Morgan fingerprint density at radius 1 is 1.05 bits per heavy atom. The third-order valence-electron chi connectivity index (χ3n) is 3.09. The van der Waals surface area contributed by atoms with Crippen LogP contribution in [0.3, 0.4) is 0 Å². The topological polar surface area (TPSA) is 46.2 Å². The molecule has 0 spiro atoms. The highest BCUT2D eigenvalue weighted by Crippen LogP contribution is 2.28. The molecule has 2 rings (SSSR count). The Kier molecular flexibility index (Phi) is 4.81. The smallest absolute Gasteiger partial charge is 0.175 e. The van der Waals surface area contributed by atoms with Crippen molar-refractivity contribution in [3.05, 3.63) is 58.1 Å². The van der Waals surface area contributed by atoms with E-state index in [-0.39, 0.29) is 6.04 Å².